The lowest BCUT2D eigenvalue weighted by Crippen LogP contribution is -2.53. The molecule has 0 spiro atoms. The first-order chi connectivity index (χ1) is 11.1. The number of benzene rings is 1. The highest BCUT2D eigenvalue weighted by atomic mass is 32.2. The zero-order chi connectivity index (χ0) is 16.4. The molecule has 0 bridgehead atoms. The molecular weight excluding hydrogens is 314 g/mol. The number of hydrogen-bond donors (Lipinski definition) is 1. The van der Waals surface area contributed by atoms with Crippen LogP contribution in [0.5, 0.6) is 0 Å². The summed E-state index contributed by atoms with van der Waals surface area (Å²) in [5, 5.41) is 10.0. The lowest BCUT2D eigenvalue weighted by molar-refractivity contribution is -0.144. The Balaban J connectivity index is 2.01. The van der Waals surface area contributed by atoms with Crippen LogP contribution < -0.4 is 0 Å². The van der Waals surface area contributed by atoms with Crippen molar-refractivity contribution in [3.8, 4) is 0 Å². The van der Waals surface area contributed by atoms with E-state index in [-0.39, 0.29) is 12.0 Å². The largest absolute Gasteiger partial charge is 0.479 e. The summed E-state index contributed by atoms with van der Waals surface area (Å²) >= 11 is 1.25. The van der Waals surface area contributed by atoms with E-state index in [1.165, 1.54) is 23.8 Å². The molecule has 124 valence electrons. The fourth-order valence-corrected chi connectivity index (χ4v) is 5.25. The number of hydrogen-bond acceptors (Lipinski definition) is 4. The maximum Gasteiger partial charge on any atom is 0.411 e. The SMILES string of the molecule is COC(=O)N1[C@H]2CCCCC2CC1(Sc1ccccc1)C(=O)O. The van der Waals surface area contributed by atoms with E-state index < -0.39 is 16.9 Å². The number of carbonyl (C=O) groups is 2. The monoisotopic (exact) mass is 335 g/mol. The predicted molar refractivity (Wildman–Crippen MR) is 87.3 cm³/mol. The van der Waals surface area contributed by atoms with Gasteiger partial charge < -0.3 is 9.84 Å². The maximum atomic E-state index is 12.4. The van der Waals surface area contributed by atoms with Gasteiger partial charge in [0.05, 0.1) is 7.11 Å². The minimum absolute atomic E-state index is 0.0384. The molecule has 0 radical (unpaired) electrons. The fraction of sp³-hybridized carbons (Fsp3) is 0.529. The van der Waals surface area contributed by atoms with Gasteiger partial charge in [-0.2, -0.15) is 0 Å². The van der Waals surface area contributed by atoms with Crippen molar-refractivity contribution < 1.29 is 19.4 Å². The Kier molecular flexibility index (Phi) is 4.53. The number of likely N-dealkylation sites (tertiary alicyclic amines) is 1. The molecular formula is C17H21NO4S. The van der Waals surface area contributed by atoms with Crippen LogP contribution in [0.15, 0.2) is 35.2 Å². The van der Waals surface area contributed by atoms with Crippen molar-refractivity contribution in [3.63, 3.8) is 0 Å². The molecule has 3 rings (SSSR count). The first-order valence-corrected chi connectivity index (χ1v) is 8.75. The van der Waals surface area contributed by atoms with Crippen LogP contribution in [-0.4, -0.2) is 40.1 Å². The number of carboxylic acid groups (broad SMARTS) is 1. The van der Waals surface area contributed by atoms with Crippen molar-refractivity contribution in [1.29, 1.82) is 0 Å². The number of aliphatic carboxylic acids is 1. The Morgan fingerprint density at radius 2 is 1.96 bits per heavy atom. The number of amides is 1. The average Bonchev–Trinajstić information content (AvgIpc) is 2.90. The number of nitrogens with zero attached hydrogens (tertiary/aromatic N) is 1. The Bertz CT molecular complexity index is 594. The van der Waals surface area contributed by atoms with E-state index in [4.69, 9.17) is 4.74 Å². The molecule has 0 aromatic heterocycles. The molecule has 5 nitrogen and oxygen atoms in total. The summed E-state index contributed by atoms with van der Waals surface area (Å²) in [4.78, 5) is 25.7. The lowest BCUT2D eigenvalue weighted by atomic mass is 9.85. The van der Waals surface area contributed by atoms with Crippen molar-refractivity contribution in [2.24, 2.45) is 5.92 Å². The molecule has 23 heavy (non-hydrogen) atoms. The van der Waals surface area contributed by atoms with E-state index in [0.29, 0.717) is 6.42 Å². The van der Waals surface area contributed by atoms with E-state index in [2.05, 4.69) is 0 Å². The molecule has 2 unspecified atom stereocenters. The summed E-state index contributed by atoms with van der Waals surface area (Å²) in [6.07, 6.45) is 3.89. The average molecular weight is 335 g/mol. The topological polar surface area (TPSA) is 66.8 Å². The summed E-state index contributed by atoms with van der Waals surface area (Å²) in [7, 11) is 1.32. The van der Waals surface area contributed by atoms with Crippen molar-refractivity contribution >= 4 is 23.8 Å². The second-order valence-corrected chi connectivity index (χ2v) is 7.51. The van der Waals surface area contributed by atoms with Crippen molar-refractivity contribution in [2.45, 2.75) is 47.9 Å². The molecule has 1 aliphatic carbocycles. The minimum Gasteiger partial charge on any atom is -0.479 e. The van der Waals surface area contributed by atoms with Crippen LogP contribution in [0.1, 0.15) is 32.1 Å². The highest BCUT2D eigenvalue weighted by Gasteiger charge is 2.60. The molecule has 6 heteroatoms. The number of carboxylic acids is 1. The number of thioether (sulfide) groups is 1. The third kappa shape index (κ3) is 2.80. The summed E-state index contributed by atoms with van der Waals surface area (Å²) in [5.74, 6) is -0.735. The molecule has 1 amide bonds. The summed E-state index contributed by atoms with van der Waals surface area (Å²) in [6, 6.07) is 9.37. The van der Waals surface area contributed by atoms with Crippen molar-refractivity contribution in [1.82, 2.24) is 4.90 Å². The molecule has 2 aliphatic rings. The van der Waals surface area contributed by atoms with Gasteiger partial charge in [-0.3, -0.25) is 4.90 Å². The Morgan fingerprint density at radius 1 is 1.26 bits per heavy atom. The van der Waals surface area contributed by atoms with Crippen LogP contribution in [-0.2, 0) is 9.53 Å². The highest BCUT2D eigenvalue weighted by molar-refractivity contribution is 8.01. The van der Waals surface area contributed by atoms with Gasteiger partial charge in [-0.1, -0.05) is 42.8 Å². The normalized spacial score (nSPS) is 29.9. The van der Waals surface area contributed by atoms with Crippen LogP contribution in [0.3, 0.4) is 0 Å². The number of carbonyl (C=O) groups excluding carboxylic acids is 1. The summed E-state index contributed by atoms with van der Waals surface area (Å²) in [6.45, 7) is 0. The quantitative estimate of drug-likeness (QED) is 0.914. The first-order valence-electron chi connectivity index (χ1n) is 7.93. The Hall–Kier alpha value is -1.69. The molecule has 1 aromatic carbocycles. The standard InChI is InChI=1S/C17H21NO4S/c1-22-16(21)18-14-10-6-5-7-12(14)11-17(18,15(19)20)23-13-8-3-2-4-9-13/h2-4,8-9,12,14H,5-7,10-11H2,1H3,(H,19,20)/t12?,14-,17?/m0/s1. The minimum atomic E-state index is -1.28. The van der Waals surface area contributed by atoms with Gasteiger partial charge in [0, 0.05) is 10.9 Å². The molecule has 2 fully saturated rings. The molecule has 1 saturated carbocycles. The fourth-order valence-electron chi connectivity index (χ4n) is 3.88. The van der Waals surface area contributed by atoms with Crippen LogP contribution in [0.25, 0.3) is 0 Å². The third-order valence-corrected chi connectivity index (χ3v) is 6.25. The smallest absolute Gasteiger partial charge is 0.411 e. The van der Waals surface area contributed by atoms with Gasteiger partial charge in [0.15, 0.2) is 4.87 Å². The maximum absolute atomic E-state index is 12.4. The highest BCUT2D eigenvalue weighted by Crippen LogP contribution is 2.52. The van der Waals surface area contributed by atoms with Crippen LogP contribution in [0.2, 0.25) is 0 Å². The van der Waals surface area contributed by atoms with Gasteiger partial charge in [0.1, 0.15) is 0 Å². The van der Waals surface area contributed by atoms with Gasteiger partial charge in [-0.15, -0.1) is 0 Å². The van der Waals surface area contributed by atoms with E-state index >= 15 is 0 Å². The molecule has 1 aromatic rings. The molecule has 3 atom stereocenters. The molecule has 1 aliphatic heterocycles. The first kappa shape index (κ1) is 16.2. The van der Waals surface area contributed by atoms with Gasteiger partial charge >= 0.3 is 12.1 Å². The number of methoxy groups -OCH3 is 1. The second kappa shape index (κ2) is 6.43. The Labute approximate surface area is 140 Å². The van der Waals surface area contributed by atoms with Crippen molar-refractivity contribution in [2.75, 3.05) is 7.11 Å². The van der Waals surface area contributed by atoms with E-state index in [1.807, 2.05) is 30.3 Å². The number of rotatable bonds is 3. The lowest BCUT2D eigenvalue weighted by Gasteiger charge is -2.37. The predicted octanol–water partition coefficient (Wildman–Crippen LogP) is 3.59. The van der Waals surface area contributed by atoms with E-state index in [0.717, 1.165) is 30.6 Å². The zero-order valence-electron chi connectivity index (χ0n) is 13.1. The third-order valence-electron chi connectivity index (χ3n) is 4.86. The summed E-state index contributed by atoms with van der Waals surface area (Å²) < 4.78 is 4.94. The van der Waals surface area contributed by atoms with Crippen molar-refractivity contribution in [3.05, 3.63) is 30.3 Å². The Morgan fingerprint density at radius 3 is 2.61 bits per heavy atom. The van der Waals surface area contributed by atoms with Gasteiger partial charge in [0.2, 0.25) is 0 Å². The van der Waals surface area contributed by atoms with Crippen LogP contribution in [0, 0.1) is 5.92 Å². The van der Waals surface area contributed by atoms with Crippen LogP contribution in [0.4, 0.5) is 4.79 Å². The molecule has 1 heterocycles. The molecule has 1 saturated heterocycles. The van der Waals surface area contributed by atoms with E-state index in [9.17, 15) is 14.7 Å². The van der Waals surface area contributed by atoms with E-state index in [1.54, 1.807) is 0 Å². The van der Waals surface area contributed by atoms with Gasteiger partial charge in [-0.25, -0.2) is 9.59 Å². The number of fused-ring (bicyclic) bond motifs is 1. The molecule has 1 N–H and O–H groups in total. The van der Waals surface area contributed by atoms with Crippen LogP contribution >= 0.6 is 11.8 Å². The van der Waals surface area contributed by atoms with Gasteiger partial charge in [-0.05, 0) is 37.3 Å². The zero-order valence-corrected chi connectivity index (χ0v) is 13.9. The summed E-state index contributed by atoms with van der Waals surface area (Å²) in [5.41, 5.74) is 0. The number of ether oxygens (including phenoxy) is 1. The van der Waals surface area contributed by atoms with Gasteiger partial charge in [0.25, 0.3) is 0 Å². The second-order valence-electron chi connectivity index (χ2n) is 6.16.